The van der Waals surface area contributed by atoms with Gasteiger partial charge in [-0.25, -0.2) is 0 Å². The van der Waals surface area contributed by atoms with Crippen LogP contribution in [0.1, 0.15) is 26.6 Å². The molecule has 0 fully saturated rings. The summed E-state index contributed by atoms with van der Waals surface area (Å²) in [5, 5.41) is 17.4. The first kappa shape index (κ1) is 15.0. The van der Waals surface area contributed by atoms with E-state index in [0.717, 1.165) is 12.4 Å². The van der Waals surface area contributed by atoms with Crippen molar-refractivity contribution in [1.29, 1.82) is 0 Å². The molecule has 6 nitrogen and oxygen atoms in total. The van der Waals surface area contributed by atoms with E-state index in [1.165, 1.54) is 11.8 Å². The highest BCUT2D eigenvalue weighted by molar-refractivity contribution is 7.99. The van der Waals surface area contributed by atoms with Crippen LogP contribution in [0, 0.1) is 5.92 Å². The van der Waals surface area contributed by atoms with Gasteiger partial charge in [0, 0.05) is 13.2 Å². The zero-order valence-corrected chi connectivity index (χ0v) is 11.7. The average Bonchev–Trinajstić information content (AvgIpc) is 2.65. The third-order valence-electron chi connectivity index (χ3n) is 2.10. The second-order valence-electron chi connectivity index (χ2n) is 4.22. The van der Waals surface area contributed by atoms with Crippen LogP contribution in [0.5, 0.6) is 0 Å². The summed E-state index contributed by atoms with van der Waals surface area (Å²) in [6, 6.07) is 0. The minimum Gasteiger partial charge on any atom is -0.481 e. The molecular formula is C11H19N3O3S. The van der Waals surface area contributed by atoms with Crippen molar-refractivity contribution >= 4 is 17.7 Å². The predicted molar refractivity (Wildman–Crippen MR) is 68.5 cm³/mol. The van der Waals surface area contributed by atoms with Crippen molar-refractivity contribution < 1.29 is 14.6 Å². The lowest BCUT2D eigenvalue weighted by Gasteiger charge is -2.11. The first-order valence-electron chi connectivity index (χ1n) is 5.89. The van der Waals surface area contributed by atoms with Crippen LogP contribution in [0.15, 0.2) is 5.16 Å². The molecule has 0 bridgehead atoms. The lowest BCUT2D eigenvalue weighted by molar-refractivity contribution is -0.133. The van der Waals surface area contributed by atoms with E-state index in [4.69, 9.17) is 9.84 Å². The van der Waals surface area contributed by atoms with Crippen molar-refractivity contribution in [2.75, 3.05) is 12.4 Å². The zero-order chi connectivity index (χ0) is 13.5. The number of ether oxygens (including phenoxy) is 1. The van der Waals surface area contributed by atoms with Crippen molar-refractivity contribution in [3.8, 4) is 0 Å². The maximum atomic E-state index is 10.6. The number of carboxylic acid groups (broad SMARTS) is 1. The average molecular weight is 273 g/mol. The number of hydrogen-bond acceptors (Lipinski definition) is 5. The van der Waals surface area contributed by atoms with Gasteiger partial charge in [-0.05, 0) is 12.8 Å². The molecule has 0 saturated heterocycles. The molecular weight excluding hydrogens is 254 g/mol. The van der Waals surface area contributed by atoms with Crippen LogP contribution in [0.3, 0.4) is 0 Å². The van der Waals surface area contributed by atoms with Crippen molar-refractivity contribution in [3.05, 3.63) is 5.82 Å². The van der Waals surface area contributed by atoms with Gasteiger partial charge in [-0.3, -0.25) is 4.79 Å². The summed E-state index contributed by atoms with van der Waals surface area (Å²) >= 11 is 1.19. The van der Waals surface area contributed by atoms with E-state index in [9.17, 15) is 4.79 Å². The summed E-state index contributed by atoms with van der Waals surface area (Å²) < 4.78 is 7.27. The van der Waals surface area contributed by atoms with E-state index in [-0.39, 0.29) is 5.75 Å². The molecule has 1 aromatic heterocycles. The molecule has 0 radical (unpaired) electrons. The van der Waals surface area contributed by atoms with Gasteiger partial charge in [0.2, 0.25) is 0 Å². The normalized spacial score (nSPS) is 11.1. The Hall–Kier alpha value is -1.08. The highest BCUT2D eigenvalue weighted by Crippen LogP contribution is 2.18. The summed E-state index contributed by atoms with van der Waals surface area (Å²) in [7, 11) is 0. The molecule has 0 aliphatic heterocycles. The Kier molecular flexibility index (Phi) is 6.14. The molecule has 1 heterocycles. The second-order valence-corrected chi connectivity index (χ2v) is 5.17. The Morgan fingerprint density at radius 3 is 2.78 bits per heavy atom. The summed E-state index contributed by atoms with van der Waals surface area (Å²) in [6.07, 6.45) is 0. The maximum Gasteiger partial charge on any atom is 0.313 e. The van der Waals surface area contributed by atoms with Crippen LogP contribution in [0.2, 0.25) is 0 Å². The molecule has 102 valence electrons. The standard InChI is InChI=1S/C11H19N3O3S/c1-4-17-6-9-12-13-11(18-7-10(15)16)14(9)5-8(2)3/h8H,4-7H2,1-3H3,(H,15,16). The van der Waals surface area contributed by atoms with E-state index in [2.05, 4.69) is 24.0 Å². The Morgan fingerprint density at radius 1 is 1.50 bits per heavy atom. The smallest absolute Gasteiger partial charge is 0.313 e. The van der Waals surface area contributed by atoms with Crippen molar-refractivity contribution in [1.82, 2.24) is 14.8 Å². The maximum absolute atomic E-state index is 10.6. The molecule has 0 aromatic carbocycles. The summed E-state index contributed by atoms with van der Waals surface area (Å²) in [6.45, 7) is 7.89. The minimum absolute atomic E-state index is 0.00906. The van der Waals surface area contributed by atoms with Crippen molar-refractivity contribution in [2.45, 2.75) is 39.1 Å². The number of nitrogens with zero attached hydrogens (tertiary/aromatic N) is 3. The van der Waals surface area contributed by atoms with E-state index in [0.29, 0.717) is 24.3 Å². The van der Waals surface area contributed by atoms with E-state index >= 15 is 0 Å². The number of aliphatic carboxylic acids is 1. The fourth-order valence-electron chi connectivity index (χ4n) is 1.40. The van der Waals surface area contributed by atoms with Crippen molar-refractivity contribution in [3.63, 3.8) is 0 Å². The number of carboxylic acids is 1. The molecule has 0 spiro atoms. The van der Waals surface area contributed by atoms with Crippen LogP contribution in [-0.4, -0.2) is 38.2 Å². The van der Waals surface area contributed by atoms with Crippen LogP contribution in [-0.2, 0) is 22.7 Å². The lowest BCUT2D eigenvalue weighted by atomic mass is 10.2. The monoisotopic (exact) mass is 273 g/mol. The molecule has 7 heteroatoms. The zero-order valence-electron chi connectivity index (χ0n) is 10.9. The molecule has 0 aliphatic carbocycles. The molecule has 0 unspecified atom stereocenters. The van der Waals surface area contributed by atoms with Gasteiger partial charge >= 0.3 is 5.97 Å². The molecule has 1 N–H and O–H groups in total. The fraction of sp³-hybridized carbons (Fsp3) is 0.727. The van der Waals surface area contributed by atoms with Gasteiger partial charge < -0.3 is 14.4 Å². The van der Waals surface area contributed by atoms with E-state index < -0.39 is 5.97 Å². The van der Waals surface area contributed by atoms with Gasteiger partial charge in [0.05, 0.1) is 5.75 Å². The summed E-state index contributed by atoms with van der Waals surface area (Å²) in [5.74, 6) is 0.319. The molecule has 0 atom stereocenters. The second kappa shape index (κ2) is 7.38. The quantitative estimate of drug-likeness (QED) is 0.726. The van der Waals surface area contributed by atoms with E-state index in [1.807, 2.05) is 11.5 Å². The largest absolute Gasteiger partial charge is 0.481 e. The number of aromatic nitrogens is 3. The molecule has 1 rings (SSSR count). The van der Waals surface area contributed by atoms with Gasteiger partial charge in [0.15, 0.2) is 11.0 Å². The summed E-state index contributed by atoms with van der Waals surface area (Å²) in [5.41, 5.74) is 0. The van der Waals surface area contributed by atoms with Gasteiger partial charge in [0.1, 0.15) is 6.61 Å². The van der Waals surface area contributed by atoms with Gasteiger partial charge in [-0.15, -0.1) is 10.2 Å². The lowest BCUT2D eigenvalue weighted by Crippen LogP contribution is -2.11. The third-order valence-corrected chi connectivity index (χ3v) is 3.05. The third kappa shape index (κ3) is 4.66. The first-order valence-corrected chi connectivity index (χ1v) is 6.87. The van der Waals surface area contributed by atoms with Crippen LogP contribution in [0.25, 0.3) is 0 Å². The molecule has 0 amide bonds. The van der Waals surface area contributed by atoms with Gasteiger partial charge in [-0.2, -0.15) is 0 Å². The Bertz CT molecular complexity index is 393. The van der Waals surface area contributed by atoms with Crippen LogP contribution in [0.4, 0.5) is 0 Å². The summed E-state index contributed by atoms with van der Waals surface area (Å²) in [4.78, 5) is 10.6. The topological polar surface area (TPSA) is 77.2 Å². The molecule has 0 saturated carbocycles. The van der Waals surface area contributed by atoms with Crippen LogP contribution < -0.4 is 0 Å². The molecule has 18 heavy (non-hydrogen) atoms. The number of hydrogen-bond donors (Lipinski definition) is 1. The highest BCUT2D eigenvalue weighted by Gasteiger charge is 2.14. The van der Waals surface area contributed by atoms with Crippen molar-refractivity contribution in [2.24, 2.45) is 5.92 Å². The Morgan fingerprint density at radius 2 is 2.22 bits per heavy atom. The van der Waals surface area contributed by atoms with Gasteiger partial charge in [-0.1, -0.05) is 25.6 Å². The van der Waals surface area contributed by atoms with Crippen LogP contribution >= 0.6 is 11.8 Å². The number of thioether (sulfide) groups is 1. The fourth-order valence-corrected chi connectivity index (χ4v) is 2.09. The Labute approximate surface area is 111 Å². The first-order chi connectivity index (χ1) is 8.54. The highest BCUT2D eigenvalue weighted by atomic mass is 32.2. The minimum atomic E-state index is -0.856. The molecule has 0 aliphatic rings. The Balaban J connectivity index is 2.80. The van der Waals surface area contributed by atoms with Gasteiger partial charge in [0.25, 0.3) is 0 Å². The number of carbonyl (C=O) groups is 1. The molecule has 1 aromatic rings. The SMILES string of the molecule is CCOCc1nnc(SCC(=O)O)n1CC(C)C. The predicted octanol–water partition coefficient (Wildman–Crippen LogP) is 1.65. The number of rotatable bonds is 8. The van der Waals surface area contributed by atoms with E-state index in [1.54, 1.807) is 0 Å².